The molecule has 0 saturated carbocycles. The van der Waals surface area contributed by atoms with Crippen LogP contribution in [0.2, 0.25) is 5.02 Å². The summed E-state index contributed by atoms with van der Waals surface area (Å²) in [5.74, 6) is 0.381. The van der Waals surface area contributed by atoms with Gasteiger partial charge in [-0.3, -0.25) is 9.59 Å². The number of halogens is 1. The van der Waals surface area contributed by atoms with Crippen molar-refractivity contribution in [2.45, 2.75) is 6.54 Å². The molecule has 4 aromatic rings. The van der Waals surface area contributed by atoms with Crippen molar-refractivity contribution >= 4 is 34.8 Å². The molecule has 0 radical (unpaired) electrons. The van der Waals surface area contributed by atoms with E-state index in [4.69, 9.17) is 21.1 Å². The Hall–Kier alpha value is -4.30. The SMILES string of the molecule is COc1ccc(Cl)cc1NC(=O)c1cn(Cc2ccc(NC(=O)c3ccccc3OC)cc2)cn1. The van der Waals surface area contributed by atoms with Crippen LogP contribution in [-0.2, 0) is 6.54 Å². The van der Waals surface area contributed by atoms with Crippen LogP contribution in [0.25, 0.3) is 0 Å². The molecule has 4 rings (SSSR count). The van der Waals surface area contributed by atoms with Crippen molar-refractivity contribution in [1.29, 1.82) is 0 Å². The van der Waals surface area contributed by atoms with Gasteiger partial charge < -0.3 is 24.7 Å². The Morgan fingerprint density at radius 3 is 2.40 bits per heavy atom. The normalized spacial score (nSPS) is 10.5. The highest BCUT2D eigenvalue weighted by atomic mass is 35.5. The van der Waals surface area contributed by atoms with Crippen LogP contribution in [0.3, 0.4) is 0 Å². The Morgan fingerprint density at radius 1 is 0.914 bits per heavy atom. The number of benzene rings is 3. The molecule has 1 aromatic heterocycles. The Labute approximate surface area is 207 Å². The first-order valence-corrected chi connectivity index (χ1v) is 11.0. The predicted octanol–water partition coefficient (Wildman–Crippen LogP) is 5.11. The number of carbonyl (C=O) groups is 2. The number of hydrogen-bond acceptors (Lipinski definition) is 5. The monoisotopic (exact) mass is 490 g/mol. The summed E-state index contributed by atoms with van der Waals surface area (Å²) in [6.07, 6.45) is 3.24. The first-order valence-electron chi connectivity index (χ1n) is 10.7. The van der Waals surface area contributed by atoms with E-state index in [0.717, 1.165) is 5.56 Å². The van der Waals surface area contributed by atoms with Crippen LogP contribution < -0.4 is 20.1 Å². The van der Waals surface area contributed by atoms with Gasteiger partial charge in [-0.25, -0.2) is 4.98 Å². The number of methoxy groups -OCH3 is 2. The zero-order valence-corrected chi connectivity index (χ0v) is 19.9. The van der Waals surface area contributed by atoms with Gasteiger partial charge in [0, 0.05) is 23.5 Å². The Balaban J connectivity index is 1.38. The zero-order chi connectivity index (χ0) is 24.8. The zero-order valence-electron chi connectivity index (χ0n) is 19.1. The number of imidazole rings is 1. The van der Waals surface area contributed by atoms with Crippen molar-refractivity contribution in [2.24, 2.45) is 0 Å². The van der Waals surface area contributed by atoms with Crippen LogP contribution in [0, 0.1) is 0 Å². The van der Waals surface area contributed by atoms with E-state index in [2.05, 4.69) is 15.6 Å². The summed E-state index contributed by atoms with van der Waals surface area (Å²) in [7, 11) is 3.04. The molecule has 0 aliphatic rings. The van der Waals surface area contributed by atoms with Gasteiger partial charge in [-0.1, -0.05) is 35.9 Å². The highest BCUT2D eigenvalue weighted by Crippen LogP contribution is 2.28. The molecule has 2 amide bonds. The number of carbonyl (C=O) groups excluding carboxylic acids is 2. The first kappa shape index (κ1) is 23.8. The van der Waals surface area contributed by atoms with E-state index >= 15 is 0 Å². The first-order chi connectivity index (χ1) is 17.0. The van der Waals surface area contributed by atoms with Gasteiger partial charge in [0.15, 0.2) is 0 Å². The molecular formula is C26H23ClN4O4. The molecule has 9 heteroatoms. The van der Waals surface area contributed by atoms with E-state index in [1.54, 1.807) is 53.5 Å². The van der Waals surface area contributed by atoms with E-state index in [1.165, 1.54) is 14.2 Å². The third-order valence-electron chi connectivity index (χ3n) is 5.20. The molecule has 0 saturated heterocycles. The molecule has 0 atom stereocenters. The smallest absolute Gasteiger partial charge is 0.275 e. The van der Waals surface area contributed by atoms with Gasteiger partial charge in [0.2, 0.25) is 0 Å². The van der Waals surface area contributed by atoms with E-state index in [-0.39, 0.29) is 17.5 Å². The molecule has 0 aliphatic heterocycles. The number of nitrogens with one attached hydrogen (secondary N) is 2. The Bertz CT molecular complexity index is 1350. The van der Waals surface area contributed by atoms with Crippen molar-refractivity contribution in [3.05, 3.63) is 101 Å². The molecular weight excluding hydrogens is 468 g/mol. The molecule has 0 aliphatic carbocycles. The van der Waals surface area contributed by atoms with E-state index < -0.39 is 0 Å². The van der Waals surface area contributed by atoms with Crippen molar-refractivity contribution in [3.8, 4) is 11.5 Å². The van der Waals surface area contributed by atoms with Gasteiger partial charge in [0.25, 0.3) is 11.8 Å². The predicted molar refractivity (Wildman–Crippen MR) is 135 cm³/mol. The maximum absolute atomic E-state index is 12.6. The Kier molecular flexibility index (Phi) is 7.32. The largest absolute Gasteiger partial charge is 0.496 e. The highest BCUT2D eigenvalue weighted by molar-refractivity contribution is 6.31. The van der Waals surface area contributed by atoms with Gasteiger partial charge in [-0.05, 0) is 48.0 Å². The summed E-state index contributed by atoms with van der Waals surface area (Å²) in [5, 5.41) is 6.12. The van der Waals surface area contributed by atoms with Crippen molar-refractivity contribution in [1.82, 2.24) is 9.55 Å². The summed E-state index contributed by atoms with van der Waals surface area (Å²) < 4.78 is 12.3. The summed E-state index contributed by atoms with van der Waals surface area (Å²) in [4.78, 5) is 29.4. The third kappa shape index (κ3) is 5.80. The van der Waals surface area contributed by atoms with Gasteiger partial charge in [0.1, 0.15) is 17.2 Å². The lowest BCUT2D eigenvalue weighted by atomic mass is 10.1. The minimum atomic E-state index is -0.376. The quantitative estimate of drug-likeness (QED) is 0.358. The highest BCUT2D eigenvalue weighted by Gasteiger charge is 2.14. The second-order valence-electron chi connectivity index (χ2n) is 7.58. The van der Waals surface area contributed by atoms with Crippen molar-refractivity contribution < 1.29 is 19.1 Å². The molecule has 3 aromatic carbocycles. The minimum absolute atomic E-state index is 0.253. The number of amides is 2. The molecule has 1 heterocycles. The van der Waals surface area contributed by atoms with E-state index in [1.807, 2.05) is 30.3 Å². The summed E-state index contributed by atoms with van der Waals surface area (Å²) in [5.41, 5.74) is 2.81. The molecule has 0 fully saturated rings. The molecule has 35 heavy (non-hydrogen) atoms. The molecule has 2 N–H and O–H groups in total. The maximum atomic E-state index is 12.6. The molecule has 8 nitrogen and oxygen atoms in total. The Morgan fingerprint density at radius 2 is 1.66 bits per heavy atom. The van der Waals surface area contributed by atoms with Crippen molar-refractivity contribution in [3.63, 3.8) is 0 Å². The van der Waals surface area contributed by atoms with Crippen LogP contribution in [-0.4, -0.2) is 35.6 Å². The fraction of sp³-hybridized carbons (Fsp3) is 0.115. The van der Waals surface area contributed by atoms with Crippen LogP contribution in [0.4, 0.5) is 11.4 Å². The lowest BCUT2D eigenvalue weighted by Gasteiger charge is -2.10. The summed E-state index contributed by atoms with van der Waals surface area (Å²) in [6.45, 7) is 0.501. The molecule has 0 unspecified atom stereocenters. The number of aromatic nitrogens is 2. The van der Waals surface area contributed by atoms with E-state index in [9.17, 15) is 9.59 Å². The number of hydrogen-bond donors (Lipinski definition) is 2. The number of rotatable bonds is 8. The van der Waals surface area contributed by atoms with Gasteiger partial charge in [-0.15, -0.1) is 0 Å². The van der Waals surface area contributed by atoms with Crippen LogP contribution in [0.15, 0.2) is 79.3 Å². The average Bonchev–Trinajstić information content (AvgIpc) is 3.34. The van der Waals surface area contributed by atoms with Gasteiger partial charge in [0.05, 0.1) is 31.8 Å². The number of anilines is 2. The van der Waals surface area contributed by atoms with Crippen LogP contribution in [0.1, 0.15) is 26.4 Å². The fourth-order valence-corrected chi connectivity index (χ4v) is 3.64. The van der Waals surface area contributed by atoms with Gasteiger partial charge >= 0.3 is 0 Å². The second kappa shape index (κ2) is 10.8. The number of para-hydroxylation sites is 1. The van der Waals surface area contributed by atoms with Crippen molar-refractivity contribution in [2.75, 3.05) is 24.9 Å². The third-order valence-corrected chi connectivity index (χ3v) is 5.44. The average molecular weight is 491 g/mol. The summed E-state index contributed by atoms with van der Waals surface area (Å²) in [6, 6.07) is 19.4. The topological polar surface area (TPSA) is 94.5 Å². The number of ether oxygens (including phenoxy) is 2. The lowest BCUT2D eigenvalue weighted by Crippen LogP contribution is -2.13. The minimum Gasteiger partial charge on any atom is -0.496 e. The second-order valence-corrected chi connectivity index (χ2v) is 8.02. The molecule has 178 valence electrons. The molecule has 0 spiro atoms. The van der Waals surface area contributed by atoms with E-state index in [0.29, 0.717) is 40.0 Å². The van der Waals surface area contributed by atoms with Crippen LogP contribution >= 0.6 is 11.6 Å². The number of nitrogens with zero attached hydrogens (tertiary/aromatic N) is 2. The lowest BCUT2D eigenvalue weighted by molar-refractivity contribution is 0.101. The molecule has 0 bridgehead atoms. The fourth-order valence-electron chi connectivity index (χ4n) is 3.46. The van der Waals surface area contributed by atoms with Gasteiger partial charge in [-0.2, -0.15) is 0 Å². The van der Waals surface area contributed by atoms with Crippen LogP contribution in [0.5, 0.6) is 11.5 Å². The maximum Gasteiger partial charge on any atom is 0.275 e. The summed E-state index contributed by atoms with van der Waals surface area (Å²) >= 11 is 6.03. The standard InChI is InChI=1S/C26H23ClN4O4/c1-34-23-6-4-3-5-20(23)25(32)29-19-10-7-17(8-11-19)14-31-15-22(28-16-31)26(33)30-21-13-18(27)9-12-24(21)35-2/h3-13,15-16H,14H2,1-2H3,(H,29,32)(H,30,33).